The summed E-state index contributed by atoms with van der Waals surface area (Å²) in [4.78, 5) is 12.1. The van der Waals surface area contributed by atoms with Crippen LogP contribution in [0.3, 0.4) is 0 Å². The summed E-state index contributed by atoms with van der Waals surface area (Å²) in [7, 11) is 1.58. The fraction of sp³-hybridized carbons (Fsp3) is 0.278. The molecule has 0 aromatic heterocycles. The van der Waals surface area contributed by atoms with Crippen molar-refractivity contribution in [1.82, 2.24) is 5.32 Å². The Morgan fingerprint density at radius 2 is 1.78 bits per heavy atom. The predicted molar refractivity (Wildman–Crippen MR) is 85.7 cm³/mol. The number of nitrogens with one attached hydrogen (secondary N) is 1. The van der Waals surface area contributed by atoms with E-state index in [2.05, 4.69) is 5.32 Å². The van der Waals surface area contributed by atoms with Gasteiger partial charge in [-0.05, 0) is 42.3 Å². The number of benzene rings is 2. The number of hydrogen-bond acceptors (Lipinski definition) is 3. The molecule has 0 saturated carbocycles. The molecule has 0 radical (unpaired) electrons. The monoisotopic (exact) mass is 317 g/mol. The molecule has 0 aliphatic carbocycles. The van der Waals surface area contributed by atoms with Gasteiger partial charge in [-0.25, -0.2) is 4.39 Å². The first-order valence-corrected chi connectivity index (χ1v) is 7.35. The zero-order valence-corrected chi connectivity index (χ0v) is 13.1. The number of amides is 1. The summed E-state index contributed by atoms with van der Waals surface area (Å²) in [6.45, 7) is 1.71. The van der Waals surface area contributed by atoms with Crippen molar-refractivity contribution < 1.29 is 19.0 Å². The molecule has 0 aliphatic rings. The van der Waals surface area contributed by atoms with Gasteiger partial charge in [0.15, 0.2) is 0 Å². The maximum atomic E-state index is 12.9. The van der Waals surface area contributed by atoms with Gasteiger partial charge in [0.25, 0.3) is 0 Å². The molecule has 2 N–H and O–H groups in total. The van der Waals surface area contributed by atoms with E-state index >= 15 is 0 Å². The average molecular weight is 317 g/mol. The number of methoxy groups -OCH3 is 1. The minimum atomic E-state index is -0.893. The van der Waals surface area contributed by atoms with Crippen LogP contribution in [0.2, 0.25) is 0 Å². The topological polar surface area (TPSA) is 58.6 Å². The van der Waals surface area contributed by atoms with Crippen LogP contribution in [0.1, 0.15) is 24.2 Å². The molecule has 0 aliphatic heterocycles. The zero-order valence-electron chi connectivity index (χ0n) is 13.1. The lowest BCUT2D eigenvalue weighted by Crippen LogP contribution is -2.37. The minimum absolute atomic E-state index is 0.191. The van der Waals surface area contributed by atoms with Gasteiger partial charge in [-0.1, -0.05) is 24.3 Å². The van der Waals surface area contributed by atoms with E-state index in [-0.39, 0.29) is 18.1 Å². The molecule has 0 spiro atoms. The average Bonchev–Trinajstić information content (AvgIpc) is 2.55. The second-order valence-corrected chi connectivity index (χ2v) is 5.38. The molecule has 23 heavy (non-hydrogen) atoms. The first-order valence-electron chi connectivity index (χ1n) is 7.35. The lowest BCUT2D eigenvalue weighted by atomic mass is 10.0. The number of halogens is 1. The second kappa shape index (κ2) is 7.74. The highest BCUT2D eigenvalue weighted by Crippen LogP contribution is 2.17. The van der Waals surface area contributed by atoms with Crippen molar-refractivity contribution in [2.45, 2.75) is 25.5 Å². The van der Waals surface area contributed by atoms with Crippen LogP contribution >= 0.6 is 0 Å². The molecular formula is C18H20FNO3. The largest absolute Gasteiger partial charge is 0.497 e. The first kappa shape index (κ1) is 17.0. The van der Waals surface area contributed by atoms with Crippen molar-refractivity contribution in [2.75, 3.05) is 7.11 Å². The van der Waals surface area contributed by atoms with Gasteiger partial charge in [-0.2, -0.15) is 0 Å². The Morgan fingerprint density at radius 3 is 2.35 bits per heavy atom. The molecule has 0 heterocycles. The maximum Gasteiger partial charge on any atom is 0.224 e. The second-order valence-electron chi connectivity index (χ2n) is 5.38. The van der Waals surface area contributed by atoms with Crippen molar-refractivity contribution in [3.63, 3.8) is 0 Å². The number of ether oxygens (including phenoxy) is 1. The Labute approximate surface area is 134 Å². The summed E-state index contributed by atoms with van der Waals surface area (Å²) < 4.78 is 18.0. The van der Waals surface area contributed by atoms with E-state index in [4.69, 9.17) is 4.74 Å². The molecule has 0 bridgehead atoms. The third-order valence-corrected chi connectivity index (χ3v) is 3.60. The molecule has 2 rings (SSSR count). The van der Waals surface area contributed by atoms with Crippen LogP contribution in [-0.2, 0) is 11.2 Å². The van der Waals surface area contributed by atoms with Crippen molar-refractivity contribution in [3.8, 4) is 5.75 Å². The van der Waals surface area contributed by atoms with Gasteiger partial charge in [0.05, 0.1) is 25.7 Å². The van der Waals surface area contributed by atoms with Crippen molar-refractivity contribution in [2.24, 2.45) is 0 Å². The molecule has 122 valence electrons. The van der Waals surface area contributed by atoms with Gasteiger partial charge in [-0.15, -0.1) is 0 Å². The molecule has 5 heteroatoms. The van der Waals surface area contributed by atoms with Crippen LogP contribution < -0.4 is 10.1 Å². The zero-order chi connectivity index (χ0) is 16.8. The van der Waals surface area contributed by atoms with Crippen LogP contribution in [0.4, 0.5) is 4.39 Å². The molecular weight excluding hydrogens is 297 g/mol. The highest BCUT2D eigenvalue weighted by molar-refractivity contribution is 5.78. The van der Waals surface area contributed by atoms with E-state index in [1.807, 2.05) is 12.1 Å². The summed E-state index contributed by atoms with van der Waals surface area (Å²) in [5, 5.41) is 13.0. The normalized spacial score (nSPS) is 13.2. The smallest absolute Gasteiger partial charge is 0.224 e. The van der Waals surface area contributed by atoms with Gasteiger partial charge in [-0.3, -0.25) is 4.79 Å². The summed E-state index contributed by atoms with van der Waals surface area (Å²) in [6, 6.07) is 12.3. The van der Waals surface area contributed by atoms with E-state index < -0.39 is 12.1 Å². The SMILES string of the molecule is COc1ccc(CC(=O)NC(C)C(O)c2ccc(F)cc2)cc1. The van der Waals surface area contributed by atoms with Gasteiger partial charge < -0.3 is 15.2 Å². The number of hydrogen-bond donors (Lipinski definition) is 2. The Balaban J connectivity index is 1.91. The number of aliphatic hydroxyl groups is 1. The van der Waals surface area contributed by atoms with Gasteiger partial charge in [0.2, 0.25) is 5.91 Å². The number of aliphatic hydroxyl groups excluding tert-OH is 1. The molecule has 2 atom stereocenters. The molecule has 0 fully saturated rings. The third-order valence-electron chi connectivity index (χ3n) is 3.60. The summed E-state index contributed by atoms with van der Waals surface area (Å²) in [6.07, 6.45) is -0.680. The van der Waals surface area contributed by atoms with Gasteiger partial charge >= 0.3 is 0 Å². The highest BCUT2D eigenvalue weighted by atomic mass is 19.1. The van der Waals surface area contributed by atoms with E-state index in [0.29, 0.717) is 5.56 Å². The summed E-state index contributed by atoms with van der Waals surface area (Å²) in [5.74, 6) is 0.176. The van der Waals surface area contributed by atoms with E-state index in [1.165, 1.54) is 24.3 Å². The Morgan fingerprint density at radius 1 is 1.17 bits per heavy atom. The van der Waals surface area contributed by atoms with E-state index in [0.717, 1.165) is 11.3 Å². The first-order chi connectivity index (χ1) is 11.0. The fourth-order valence-electron chi connectivity index (χ4n) is 2.26. The number of rotatable bonds is 6. The number of carbonyl (C=O) groups excluding carboxylic acids is 1. The van der Waals surface area contributed by atoms with Crippen LogP contribution in [-0.4, -0.2) is 24.2 Å². The Bertz CT molecular complexity index is 640. The Hall–Kier alpha value is -2.40. The molecule has 2 aromatic rings. The van der Waals surface area contributed by atoms with E-state index in [1.54, 1.807) is 26.2 Å². The standard InChI is InChI=1S/C18H20FNO3/c1-12(18(22)14-5-7-15(19)8-6-14)20-17(21)11-13-3-9-16(23-2)10-4-13/h3-10,12,18,22H,11H2,1-2H3,(H,20,21). The van der Waals surface area contributed by atoms with Crippen molar-refractivity contribution >= 4 is 5.91 Å². The molecule has 2 unspecified atom stereocenters. The quantitative estimate of drug-likeness (QED) is 0.861. The van der Waals surface area contributed by atoms with E-state index in [9.17, 15) is 14.3 Å². The lowest BCUT2D eigenvalue weighted by Gasteiger charge is -2.20. The van der Waals surface area contributed by atoms with Crippen LogP contribution in [0.25, 0.3) is 0 Å². The molecule has 2 aromatic carbocycles. The highest BCUT2D eigenvalue weighted by Gasteiger charge is 2.18. The van der Waals surface area contributed by atoms with Crippen LogP contribution in [0.15, 0.2) is 48.5 Å². The lowest BCUT2D eigenvalue weighted by molar-refractivity contribution is -0.121. The van der Waals surface area contributed by atoms with Crippen LogP contribution in [0.5, 0.6) is 5.75 Å². The molecule has 1 amide bonds. The number of carbonyl (C=O) groups is 1. The fourth-order valence-corrected chi connectivity index (χ4v) is 2.26. The third kappa shape index (κ3) is 4.79. The minimum Gasteiger partial charge on any atom is -0.497 e. The van der Waals surface area contributed by atoms with Gasteiger partial charge in [0, 0.05) is 0 Å². The van der Waals surface area contributed by atoms with Crippen molar-refractivity contribution in [1.29, 1.82) is 0 Å². The van der Waals surface area contributed by atoms with Gasteiger partial charge in [0.1, 0.15) is 11.6 Å². The summed E-state index contributed by atoms with van der Waals surface area (Å²) >= 11 is 0. The predicted octanol–water partition coefficient (Wildman–Crippen LogP) is 2.62. The van der Waals surface area contributed by atoms with Crippen LogP contribution in [0, 0.1) is 5.82 Å². The Kier molecular flexibility index (Phi) is 5.71. The maximum absolute atomic E-state index is 12.9. The molecule has 0 saturated heterocycles. The molecule has 4 nitrogen and oxygen atoms in total. The summed E-state index contributed by atoms with van der Waals surface area (Å²) in [5.41, 5.74) is 1.41. The van der Waals surface area contributed by atoms with Crippen molar-refractivity contribution in [3.05, 3.63) is 65.5 Å².